The Morgan fingerprint density at radius 2 is 2.00 bits per heavy atom. The van der Waals surface area contributed by atoms with E-state index in [4.69, 9.17) is 0 Å². The number of ketones is 1. The number of carbonyl (C=O) groups is 1. The maximum atomic E-state index is 12.2. The Morgan fingerprint density at radius 1 is 1.10 bits per heavy atom. The topological polar surface area (TPSA) is 20.3 Å². The number of hydrogen-bond donors (Lipinski definition) is 0. The largest absolute Gasteiger partial charge is 0.299 e. The summed E-state index contributed by atoms with van der Waals surface area (Å²) in [6.45, 7) is 2.37. The summed E-state index contributed by atoms with van der Waals surface area (Å²) >= 11 is 0. The maximum absolute atomic E-state index is 12.2. The highest BCUT2D eigenvalue weighted by atomic mass is 16.1. The van der Waals surface area contributed by atoms with Crippen molar-refractivity contribution in [2.24, 2.45) is 5.92 Å². The Morgan fingerprint density at radius 3 is 2.81 bits per heavy atom. The third-order valence-electron chi connectivity index (χ3n) is 5.90. The highest BCUT2D eigenvalue weighted by Crippen LogP contribution is 2.38. The van der Waals surface area contributed by atoms with Gasteiger partial charge in [0.15, 0.2) is 0 Å². The maximum Gasteiger partial charge on any atom is 0.137 e. The van der Waals surface area contributed by atoms with Gasteiger partial charge in [0.2, 0.25) is 0 Å². The molecule has 3 unspecified atom stereocenters. The van der Waals surface area contributed by atoms with Crippen LogP contribution in [0, 0.1) is 5.92 Å². The van der Waals surface area contributed by atoms with Crippen molar-refractivity contribution in [3.63, 3.8) is 0 Å². The van der Waals surface area contributed by atoms with Gasteiger partial charge in [0.1, 0.15) is 5.78 Å². The Labute approximate surface area is 127 Å². The van der Waals surface area contributed by atoms with Gasteiger partial charge < -0.3 is 0 Å². The molecule has 1 aliphatic heterocycles. The fourth-order valence-electron chi connectivity index (χ4n) is 4.76. The molecule has 2 heteroatoms. The van der Waals surface area contributed by atoms with Crippen LogP contribution >= 0.6 is 0 Å². The second kappa shape index (κ2) is 5.57. The predicted molar refractivity (Wildman–Crippen MR) is 84.4 cm³/mol. The highest BCUT2D eigenvalue weighted by Gasteiger charge is 2.38. The summed E-state index contributed by atoms with van der Waals surface area (Å²) in [7, 11) is 0. The minimum Gasteiger partial charge on any atom is -0.299 e. The van der Waals surface area contributed by atoms with Crippen molar-refractivity contribution in [1.82, 2.24) is 4.90 Å². The van der Waals surface area contributed by atoms with Gasteiger partial charge in [-0.3, -0.25) is 9.69 Å². The monoisotopic (exact) mass is 283 g/mol. The van der Waals surface area contributed by atoms with Crippen LogP contribution in [-0.2, 0) is 11.2 Å². The van der Waals surface area contributed by atoms with Crippen LogP contribution < -0.4 is 0 Å². The van der Waals surface area contributed by atoms with Gasteiger partial charge in [0.05, 0.1) is 0 Å². The van der Waals surface area contributed by atoms with E-state index < -0.39 is 0 Å². The Balaban J connectivity index is 1.47. The lowest BCUT2D eigenvalue weighted by Gasteiger charge is -2.43. The molecule has 0 aromatic heterocycles. The molecular formula is C19H25NO. The zero-order chi connectivity index (χ0) is 14.2. The van der Waals surface area contributed by atoms with Crippen molar-refractivity contribution in [1.29, 1.82) is 0 Å². The van der Waals surface area contributed by atoms with Gasteiger partial charge in [0, 0.05) is 30.8 Å². The van der Waals surface area contributed by atoms with Gasteiger partial charge in [-0.25, -0.2) is 0 Å². The SMILES string of the molecule is O=C1CCCC1C1CCCCN1CC1Cc2ccccc21. The van der Waals surface area contributed by atoms with Gasteiger partial charge in [-0.15, -0.1) is 0 Å². The normalized spacial score (nSPS) is 32.8. The lowest BCUT2D eigenvalue weighted by atomic mass is 9.76. The van der Waals surface area contributed by atoms with Crippen LogP contribution in [0.15, 0.2) is 24.3 Å². The first-order chi connectivity index (χ1) is 10.3. The molecule has 0 N–H and O–H groups in total. The number of likely N-dealkylation sites (tertiary alicyclic amines) is 1. The Hall–Kier alpha value is -1.15. The number of hydrogen-bond acceptors (Lipinski definition) is 2. The molecule has 0 radical (unpaired) electrons. The van der Waals surface area contributed by atoms with E-state index in [0.29, 0.717) is 23.7 Å². The van der Waals surface area contributed by atoms with Crippen LogP contribution in [0.3, 0.4) is 0 Å². The first-order valence-corrected chi connectivity index (χ1v) is 8.67. The van der Waals surface area contributed by atoms with E-state index in [-0.39, 0.29) is 0 Å². The van der Waals surface area contributed by atoms with Gasteiger partial charge in [0.25, 0.3) is 0 Å². The zero-order valence-electron chi connectivity index (χ0n) is 12.8. The van der Waals surface area contributed by atoms with Gasteiger partial charge in [-0.1, -0.05) is 30.7 Å². The van der Waals surface area contributed by atoms with Gasteiger partial charge >= 0.3 is 0 Å². The van der Waals surface area contributed by atoms with Crippen LogP contribution in [0.2, 0.25) is 0 Å². The van der Waals surface area contributed by atoms with E-state index >= 15 is 0 Å². The van der Waals surface area contributed by atoms with E-state index in [1.165, 1.54) is 44.3 Å². The van der Waals surface area contributed by atoms with E-state index in [1.807, 2.05) is 0 Å². The van der Waals surface area contributed by atoms with Crippen LogP contribution in [0.5, 0.6) is 0 Å². The molecule has 3 atom stereocenters. The Kier molecular flexibility index (Phi) is 3.58. The molecule has 1 aromatic carbocycles. The molecule has 1 saturated carbocycles. The molecule has 2 fully saturated rings. The lowest BCUT2D eigenvalue weighted by molar-refractivity contribution is -0.123. The minimum atomic E-state index is 0.348. The minimum absolute atomic E-state index is 0.348. The van der Waals surface area contributed by atoms with E-state index in [0.717, 1.165) is 19.3 Å². The van der Waals surface area contributed by atoms with Crippen LogP contribution in [-0.4, -0.2) is 29.8 Å². The second-order valence-electron chi connectivity index (χ2n) is 7.12. The van der Waals surface area contributed by atoms with Crippen molar-refractivity contribution >= 4 is 5.78 Å². The molecule has 4 rings (SSSR count). The van der Waals surface area contributed by atoms with Crippen molar-refractivity contribution in [3.05, 3.63) is 35.4 Å². The standard InChI is InChI=1S/C19H25NO/c21-19-10-5-8-17(19)18-9-3-4-11-20(18)13-15-12-14-6-1-2-7-16(14)15/h1-2,6-7,15,17-18H,3-5,8-13H2. The molecule has 2 nitrogen and oxygen atoms in total. The molecule has 112 valence electrons. The quantitative estimate of drug-likeness (QED) is 0.845. The van der Waals surface area contributed by atoms with Crippen LogP contribution in [0.1, 0.15) is 55.6 Å². The average Bonchev–Trinajstić information content (AvgIpc) is 2.91. The van der Waals surface area contributed by atoms with Crippen molar-refractivity contribution in [3.8, 4) is 0 Å². The first-order valence-electron chi connectivity index (χ1n) is 8.67. The lowest BCUT2D eigenvalue weighted by Crippen LogP contribution is -2.48. The Bertz CT molecular complexity index is 538. The fourth-order valence-corrected chi connectivity index (χ4v) is 4.76. The van der Waals surface area contributed by atoms with E-state index in [9.17, 15) is 4.79 Å². The molecule has 1 heterocycles. The summed E-state index contributed by atoms with van der Waals surface area (Å²) in [5, 5.41) is 0. The van der Waals surface area contributed by atoms with Crippen LogP contribution in [0.25, 0.3) is 0 Å². The number of nitrogens with zero attached hydrogens (tertiary/aromatic N) is 1. The number of fused-ring (bicyclic) bond motifs is 1. The van der Waals surface area contributed by atoms with Crippen LogP contribution in [0.4, 0.5) is 0 Å². The highest BCUT2D eigenvalue weighted by molar-refractivity contribution is 5.83. The molecule has 21 heavy (non-hydrogen) atoms. The number of piperidine rings is 1. The van der Waals surface area contributed by atoms with Gasteiger partial charge in [-0.2, -0.15) is 0 Å². The molecule has 2 aliphatic carbocycles. The number of rotatable bonds is 3. The fraction of sp³-hybridized carbons (Fsp3) is 0.632. The molecule has 3 aliphatic rings. The number of Topliss-reactive ketones (excluding diaryl/α,β-unsaturated/α-hetero) is 1. The number of benzene rings is 1. The first kappa shape index (κ1) is 13.5. The summed E-state index contributed by atoms with van der Waals surface area (Å²) in [6.07, 6.45) is 8.20. The second-order valence-corrected chi connectivity index (χ2v) is 7.12. The predicted octanol–water partition coefficient (Wildman–Crippen LogP) is 3.55. The molecule has 0 amide bonds. The third kappa shape index (κ3) is 2.44. The van der Waals surface area contributed by atoms with Gasteiger partial charge in [-0.05, 0) is 49.8 Å². The number of carbonyl (C=O) groups excluding carboxylic acids is 1. The summed E-state index contributed by atoms with van der Waals surface area (Å²) in [5.41, 5.74) is 3.09. The third-order valence-corrected chi connectivity index (χ3v) is 5.90. The summed E-state index contributed by atoms with van der Waals surface area (Å²) < 4.78 is 0. The molecule has 0 bridgehead atoms. The average molecular weight is 283 g/mol. The molecular weight excluding hydrogens is 258 g/mol. The molecule has 1 aromatic rings. The zero-order valence-corrected chi connectivity index (χ0v) is 12.8. The van der Waals surface area contributed by atoms with Crippen molar-refractivity contribution in [2.75, 3.05) is 13.1 Å². The van der Waals surface area contributed by atoms with E-state index in [2.05, 4.69) is 29.2 Å². The summed E-state index contributed by atoms with van der Waals surface area (Å²) in [5.74, 6) is 1.60. The summed E-state index contributed by atoms with van der Waals surface area (Å²) in [6, 6.07) is 9.42. The molecule has 0 spiro atoms. The smallest absolute Gasteiger partial charge is 0.137 e. The van der Waals surface area contributed by atoms with E-state index in [1.54, 1.807) is 5.56 Å². The van der Waals surface area contributed by atoms with Crippen molar-refractivity contribution in [2.45, 2.75) is 56.9 Å². The summed E-state index contributed by atoms with van der Waals surface area (Å²) in [4.78, 5) is 14.8. The van der Waals surface area contributed by atoms with Crippen molar-refractivity contribution < 1.29 is 4.79 Å². The molecule has 1 saturated heterocycles.